The van der Waals surface area contributed by atoms with E-state index in [2.05, 4.69) is 35.5 Å². The second-order valence-electron chi connectivity index (χ2n) is 3.59. The summed E-state index contributed by atoms with van der Waals surface area (Å²) in [6, 6.07) is 0. The topological polar surface area (TPSA) is 56.7 Å². The van der Waals surface area contributed by atoms with E-state index < -0.39 is 0 Å². The number of hydrogen-bond donors (Lipinski definition) is 1. The molecule has 4 heteroatoms. The Labute approximate surface area is 79.2 Å². The molecule has 0 saturated heterocycles. The van der Waals surface area contributed by atoms with Crippen molar-refractivity contribution in [3.63, 3.8) is 0 Å². The van der Waals surface area contributed by atoms with Crippen LogP contribution in [-0.2, 0) is 19.5 Å². The largest absolute Gasteiger partial charge is 0.324 e. The summed E-state index contributed by atoms with van der Waals surface area (Å²) < 4.78 is 2.13. The molecular formula is C9H18N4. The third kappa shape index (κ3) is 2.28. The van der Waals surface area contributed by atoms with E-state index in [1.807, 2.05) is 0 Å². The van der Waals surface area contributed by atoms with Gasteiger partial charge in [0, 0.05) is 13.0 Å². The number of hydrogen-bond acceptors (Lipinski definition) is 3. The predicted molar refractivity (Wildman–Crippen MR) is 52.1 cm³/mol. The maximum atomic E-state index is 5.57. The van der Waals surface area contributed by atoms with Crippen LogP contribution < -0.4 is 5.73 Å². The fourth-order valence-electron chi connectivity index (χ4n) is 1.36. The van der Waals surface area contributed by atoms with E-state index in [9.17, 15) is 0 Å². The molecule has 0 spiro atoms. The summed E-state index contributed by atoms with van der Waals surface area (Å²) >= 11 is 0. The number of rotatable bonds is 4. The van der Waals surface area contributed by atoms with E-state index in [0.29, 0.717) is 12.5 Å². The quantitative estimate of drug-likeness (QED) is 0.754. The van der Waals surface area contributed by atoms with Gasteiger partial charge in [0.05, 0.1) is 6.54 Å². The Morgan fingerprint density at radius 1 is 1.31 bits per heavy atom. The minimum atomic E-state index is 0.472. The fraction of sp³-hybridized carbons (Fsp3) is 0.778. The molecule has 4 nitrogen and oxygen atoms in total. The Balaban J connectivity index is 2.91. The molecule has 0 fully saturated rings. The molecule has 0 amide bonds. The Hall–Kier alpha value is -0.900. The molecule has 0 aliphatic carbocycles. The number of nitrogens with two attached hydrogens (primary N) is 1. The maximum Gasteiger partial charge on any atom is 0.146 e. The van der Waals surface area contributed by atoms with Crippen molar-refractivity contribution in [1.82, 2.24) is 14.8 Å². The molecule has 0 radical (unpaired) electrons. The number of aryl methyl sites for hydroxylation is 1. The molecule has 0 atom stereocenters. The Bertz CT molecular complexity index is 243. The van der Waals surface area contributed by atoms with Crippen molar-refractivity contribution >= 4 is 0 Å². The summed E-state index contributed by atoms with van der Waals surface area (Å²) in [6.07, 6.45) is 0.916. The zero-order chi connectivity index (χ0) is 9.84. The van der Waals surface area contributed by atoms with Gasteiger partial charge in [-0.05, 0) is 5.92 Å². The lowest BCUT2D eigenvalue weighted by atomic mass is 10.2. The lowest BCUT2D eigenvalue weighted by Crippen LogP contribution is -2.14. The molecule has 1 aromatic heterocycles. The van der Waals surface area contributed by atoms with Gasteiger partial charge in [-0.1, -0.05) is 20.8 Å². The molecular weight excluding hydrogens is 164 g/mol. The minimum absolute atomic E-state index is 0.472. The molecule has 1 aromatic rings. The molecule has 13 heavy (non-hydrogen) atoms. The highest BCUT2D eigenvalue weighted by atomic mass is 15.3. The minimum Gasteiger partial charge on any atom is -0.324 e. The lowest BCUT2D eigenvalue weighted by molar-refractivity contribution is 0.493. The van der Waals surface area contributed by atoms with Crippen LogP contribution in [0.1, 0.15) is 32.4 Å². The van der Waals surface area contributed by atoms with Gasteiger partial charge in [0.1, 0.15) is 11.6 Å². The maximum absolute atomic E-state index is 5.57. The number of aromatic nitrogens is 3. The van der Waals surface area contributed by atoms with Gasteiger partial charge in [0.25, 0.3) is 0 Å². The molecule has 0 saturated carbocycles. The smallest absolute Gasteiger partial charge is 0.146 e. The van der Waals surface area contributed by atoms with E-state index in [4.69, 9.17) is 5.73 Å². The van der Waals surface area contributed by atoms with Gasteiger partial charge in [0.15, 0.2) is 0 Å². The lowest BCUT2D eigenvalue weighted by Gasteiger charge is -2.10. The Kier molecular flexibility index (Phi) is 3.42. The molecule has 0 bridgehead atoms. The van der Waals surface area contributed by atoms with Gasteiger partial charge in [-0.3, -0.25) is 0 Å². The summed E-state index contributed by atoms with van der Waals surface area (Å²) in [5, 5.41) is 8.14. The van der Waals surface area contributed by atoms with Crippen LogP contribution in [0.3, 0.4) is 0 Å². The summed E-state index contributed by atoms with van der Waals surface area (Å²) in [4.78, 5) is 0. The van der Waals surface area contributed by atoms with Crippen LogP contribution in [0.4, 0.5) is 0 Å². The van der Waals surface area contributed by atoms with E-state index in [1.54, 1.807) is 0 Å². The fourth-order valence-corrected chi connectivity index (χ4v) is 1.36. The summed E-state index contributed by atoms with van der Waals surface area (Å²) in [6.45, 7) is 7.88. The highest BCUT2D eigenvalue weighted by Gasteiger charge is 2.09. The Morgan fingerprint density at radius 3 is 2.38 bits per heavy atom. The van der Waals surface area contributed by atoms with Gasteiger partial charge in [-0.15, -0.1) is 10.2 Å². The first-order valence-electron chi connectivity index (χ1n) is 4.80. The van der Waals surface area contributed by atoms with Crippen LogP contribution in [0, 0.1) is 5.92 Å². The third-order valence-electron chi connectivity index (χ3n) is 1.95. The van der Waals surface area contributed by atoms with Crippen LogP contribution >= 0.6 is 0 Å². The van der Waals surface area contributed by atoms with E-state index in [-0.39, 0.29) is 0 Å². The highest BCUT2D eigenvalue weighted by Crippen LogP contribution is 2.06. The summed E-state index contributed by atoms with van der Waals surface area (Å²) in [7, 11) is 0. The molecule has 1 heterocycles. The predicted octanol–water partition coefficient (Wildman–Crippen LogP) is 0.955. The van der Waals surface area contributed by atoms with Gasteiger partial charge in [-0.25, -0.2) is 0 Å². The highest BCUT2D eigenvalue weighted by molar-refractivity contribution is 4.95. The molecule has 2 N–H and O–H groups in total. The first kappa shape index (κ1) is 10.2. The summed E-state index contributed by atoms with van der Waals surface area (Å²) in [5.74, 6) is 2.53. The monoisotopic (exact) mass is 182 g/mol. The van der Waals surface area contributed by atoms with Crippen molar-refractivity contribution in [2.45, 2.75) is 40.3 Å². The van der Waals surface area contributed by atoms with Crippen LogP contribution in [0.5, 0.6) is 0 Å². The van der Waals surface area contributed by atoms with Gasteiger partial charge in [0.2, 0.25) is 0 Å². The normalized spacial score (nSPS) is 11.2. The SMILES string of the molecule is CCc1nnc(CN)n1CC(C)C. The average molecular weight is 182 g/mol. The van der Waals surface area contributed by atoms with Crippen molar-refractivity contribution in [3.05, 3.63) is 11.6 Å². The van der Waals surface area contributed by atoms with E-state index in [0.717, 1.165) is 24.6 Å². The van der Waals surface area contributed by atoms with E-state index >= 15 is 0 Å². The molecule has 0 aromatic carbocycles. The van der Waals surface area contributed by atoms with E-state index in [1.165, 1.54) is 0 Å². The average Bonchev–Trinajstić information content (AvgIpc) is 2.46. The first-order valence-corrected chi connectivity index (χ1v) is 4.80. The second-order valence-corrected chi connectivity index (χ2v) is 3.59. The van der Waals surface area contributed by atoms with Crippen LogP contribution in [0.25, 0.3) is 0 Å². The zero-order valence-corrected chi connectivity index (χ0v) is 8.62. The number of nitrogens with zero attached hydrogens (tertiary/aromatic N) is 3. The molecule has 1 rings (SSSR count). The Morgan fingerprint density at radius 2 is 1.92 bits per heavy atom. The summed E-state index contributed by atoms with van der Waals surface area (Å²) in [5.41, 5.74) is 5.57. The molecule has 0 aliphatic rings. The standard InChI is InChI=1S/C9H18N4/c1-4-8-11-12-9(5-10)13(8)6-7(2)3/h7H,4-6,10H2,1-3H3. The molecule has 0 aliphatic heterocycles. The van der Waals surface area contributed by atoms with Crippen molar-refractivity contribution in [1.29, 1.82) is 0 Å². The van der Waals surface area contributed by atoms with Crippen LogP contribution in [0.2, 0.25) is 0 Å². The van der Waals surface area contributed by atoms with Gasteiger partial charge in [-0.2, -0.15) is 0 Å². The first-order chi connectivity index (χ1) is 6.19. The van der Waals surface area contributed by atoms with Crippen molar-refractivity contribution < 1.29 is 0 Å². The van der Waals surface area contributed by atoms with Crippen LogP contribution in [-0.4, -0.2) is 14.8 Å². The van der Waals surface area contributed by atoms with Gasteiger partial charge < -0.3 is 10.3 Å². The van der Waals surface area contributed by atoms with Gasteiger partial charge >= 0.3 is 0 Å². The molecule has 0 unspecified atom stereocenters. The third-order valence-corrected chi connectivity index (χ3v) is 1.95. The zero-order valence-electron chi connectivity index (χ0n) is 8.62. The molecule has 74 valence electrons. The van der Waals surface area contributed by atoms with Crippen molar-refractivity contribution in [2.75, 3.05) is 0 Å². The van der Waals surface area contributed by atoms with Crippen molar-refractivity contribution in [3.8, 4) is 0 Å². The second kappa shape index (κ2) is 4.37. The van der Waals surface area contributed by atoms with Crippen LogP contribution in [0.15, 0.2) is 0 Å². The van der Waals surface area contributed by atoms with Crippen molar-refractivity contribution in [2.24, 2.45) is 11.7 Å².